The molecule has 304 valence electrons. The molecule has 9 aromatic carbocycles. The van der Waals surface area contributed by atoms with E-state index < -0.39 is 8.07 Å². The van der Waals surface area contributed by atoms with Gasteiger partial charge in [-0.1, -0.05) is 176 Å². The number of benzene rings is 9. The summed E-state index contributed by atoms with van der Waals surface area (Å²) in [4.78, 5) is 4.54. The number of hydrogen-bond donors (Lipinski definition) is 0. The average molecular weight is 864 g/mol. The Bertz CT molecular complexity index is 3820. The standard InChI is InChI=1S/C59H37N3OSSi/c1-3-17-38(18-4-1)65(39-19-5-2-6-20-39,54-33-15-25-44-43-24-13-31-52(56(43)63-57(44)54)61-50-30-12-9-23-42(50)47-37-60-36-35-51(47)61)55-34-16-27-46-45-26-14-32-53(58(45)64-59(46)55)62-48-28-10-7-21-40(48)41-22-8-11-29-49(41)62/h1-37H. The van der Waals surface area contributed by atoms with Crippen molar-refractivity contribution in [2.24, 2.45) is 0 Å². The summed E-state index contributed by atoms with van der Waals surface area (Å²) in [5, 5.41) is 14.8. The van der Waals surface area contributed by atoms with Crippen LogP contribution in [0.4, 0.5) is 0 Å². The minimum atomic E-state index is -3.20. The molecule has 0 aliphatic rings. The summed E-state index contributed by atoms with van der Waals surface area (Å²) in [6.45, 7) is 0. The number of nitrogens with zero attached hydrogens (tertiary/aromatic N) is 3. The van der Waals surface area contributed by atoms with Gasteiger partial charge in [-0.2, -0.15) is 0 Å². The second kappa shape index (κ2) is 14.0. The van der Waals surface area contributed by atoms with Gasteiger partial charge in [0, 0.05) is 60.2 Å². The minimum absolute atomic E-state index is 0.870. The number of para-hydroxylation sites is 5. The summed E-state index contributed by atoms with van der Waals surface area (Å²) < 4.78 is 14.9. The van der Waals surface area contributed by atoms with Gasteiger partial charge in [-0.05, 0) is 57.1 Å². The normalized spacial score (nSPS) is 12.3. The zero-order valence-corrected chi connectivity index (χ0v) is 36.8. The van der Waals surface area contributed by atoms with Crippen LogP contribution in [0.25, 0.3) is 97.1 Å². The molecule has 14 rings (SSSR count). The second-order valence-corrected chi connectivity index (χ2v) is 21.7. The van der Waals surface area contributed by atoms with Gasteiger partial charge in [0.15, 0.2) is 13.7 Å². The van der Waals surface area contributed by atoms with Crippen molar-refractivity contribution in [3.63, 3.8) is 0 Å². The highest BCUT2D eigenvalue weighted by molar-refractivity contribution is 7.31. The maximum atomic E-state index is 7.53. The topological polar surface area (TPSA) is 35.9 Å². The van der Waals surface area contributed by atoms with E-state index in [1.54, 1.807) is 0 Å². The van der Waals surface area contributed by atoms with Crippen LogP contribution in [-0.2, 0) is 0 Å². The first-order valence-electron chi connectivity index (χ1n) is 22.1. The van der Waals surface area contributed by atoms with E-state index >= 15 is 0 Å². The smallest absolute Gasteiger partial charge is 0.185 e. The number of furan rings is 1. The predicted octanol–water partition coefficient (Wildman–Crippen LogP) is 12.9. The fourth-order valence-corrected chi connectivity index (χ4v) is 17.9. The van der Waals surface area contributed by atoms with Crippen molar-refractivity contribution in [2.75, 3.05) is 0 Å². The Labute approximate surface area is 378 Å². The maximum absolute atomic E-state index is 7.53. The maximum Gasteiger partial charge on any atom is 0.185 e. The molecule has 0 unspecified atom stereocenters. The molecular formula is C59H37N3OSSi. The molecule has 0 spiro atoms. The molecule has 6 heteroatoms. The molecule has 5 heterocycles. The molecule has 0 aliphatic heterocycles. The van der Waals surface area contributed by atoms with E-state index in [9.17, 15) is 0 Å². The van der Waals surface area contributed by atoms with Gasteiger partial charge in [-0.15, -0.1) is 11.3 Å². The third-order valence-electron chi connectivity index (χ3n) is 13.8. The highest BCUT2D eigenvalue weighted by atomic mass is 32.1. The Hall–Kier alpha value is -8.03. The Balaban J connectivity index is 1.10. The van der Waals surface area contributed by atoms with Crippen molar-refractivity contribution in [3.8, 4) is 11.4 Å². The lowest BCUT2D eigenvalue weighted by Gasteiger charge is -2.34. The van der Waals surface area contributed by atoms with Crippen molar-refractivity contribution < 1.29 is 4.42 Å². The number of pyridine rings is 1. The molecule has 5 aromatic heterocycles. The van der Waals surface area contributed by atoms with E-state index in [2.05, 4.69) is 226 Å². The molecule has 0 bridgehead atoms. The largest absolute Gasteiger partial charge is 0.454 e. The Morgan fingerprint density at radius 2 is 0.815 bits per heavy atom. The second-order valence-electron chi connectivity index (χ2n) is 17.0. The molecule has 0 fully saturated rings. The van der Waals surface area contributed by atoms with Crippen LogP contribution in [0.3, 0.4) is 0 Å². The molecule has 0 N–H and O–H groups in total. The van der Waals surface area contributed by atoms with Crippen LogP contribution < -0.4 is 20.7 Å². The number of thiophene rings is 1. The van der Waals surface area contributed by atoms with Crippen LogP contribution in [0.1, 0.15) is 0 Å². The quantitative estimate of drug-likeness (QED) is 0.123. The molecule has 0 saturated heterocycles. The summed E-state index contributed by atoms with van der Waals surface area (Å²) in [6, 6.07) is 78.2. The molecule has 14 aromatic rings. The van der Waals surface area contributed by atoms with Crippen LogP contribution in [-0.4, -0.2) is 22.2 Å². The van der Waals surface area contributed by atoms with Crippen molar-refractivity contribution in [1.29, 1.82) is 0 Å². The molecule has 0 aliphatic carbocycles. The first kappa shape index (κ1) is 36.5. The van der Waals surface area contributed by atoms with Gasteiger partial charge < -0.3 is 13.6 Å². The van der Waals surface area contributed by atoms with Crippen molar-refractivity contribution in [2.45, 2.75) is 0 Å². The highest BCUT2D eigenvalue weighted by Crippen LogP contribution is 2.42. The number of aromatic nitrogens is 3. The van der Waals surface area contributed by atoms with Crippen LogP contribution in [0, 0.1) is 0 Å². The van der Waals surface area contributed by atoms with E-state index in [0.717, 1.165) is 44.0 Å². The zero-order valence-electron chi connectivity index (χ0n) is 35.0. The molecule has 0 atom stereocenters. The van der Waals surface area contributed by atoms with E-state index in [1.807, 2.05) is 23.7 Å². The van der Waals surface area contributed by atoms with Crippen molar-refractivity contribution in [1.82, 2.24) is 14.1 Å². The molecule has 0 saturated carbocycles. The number of fused-ring (bicyclic) bond motifs is 12. The van der Waals surface area contributed by atoms with Gasteiger partial charge in [0.25, 0.3) is 0 Å². The van der Waals surface area contributed by atoms with Gasteiger partial charge in [0.05, 0.1) is 38.1 Å². The summed E-state index contributed by atoms with van der Waals surface area (Å²) in [7, 11) is -3.20. The van der Waals surface area contributed by atoms with E-state index in [4.69, 9.17) is 4.42 Å². The van der Waals surface area contributed by atoms with Crippen LogP contribution >= 0.6 is 11.3 Å². The van der Waals surface area contributed by atoms with Crippen LogP contribution in [0.15, 0.2) is 229 Å². The Kier molecular flexibility index (Phi) is 7.84. The molecule has 0 amide bonds. The minimum Gasteiger partial charge on any atom is -0.454 e. The fourth-order valence-electron chi connectivity index (χ4n) is 11.1. The summed E-state index contributed by atoms with van der Waals surface area (Å²) >= 11 is 1.93. The SMILES string of the molecule is c1ccc([Si](c2ccccc2)(c2cccc3c2oc2c(-n4c5ccccc5c5cnccc54)cccc23)c2cccc3c2sc2c(-n4c5ccccc5c5ccccc54)cccc23)cc1. The summed E-state index contributed by atoms with van der Waals surface area (Å²) in [6.07, 6.45) is 3.86. The van der Waals surface area contributed by atoms with Crippen LogP contribution in [0.5, 0.6) is 0 Å². The lowest BCUT2D eigenvalue weighted by atomic mass is 10.1. The molecule has 0 radical (unpaired) electrons. The monoisotopic (exact) mass is 863 g/mol. The highest BCUT2D eigenvalue weighted by Gasteiger charge is 2.45. The third kappa shape index (κ3) is 5.03. The first-order chi connectivity index (χ1) is 32.3. The fraction of sp³-hybridized carbons (Fsp3) is 0. The lowest BCUT2D eigenvalue weighted by Crippen LogP contribution is -2.74. The van der Waals surface area contributed by atoms with Crippen molar-refractivity contribution in [3.05, 3.63) is 225 Å². The Morgan fingerprint density at radius 3 is 1.46 bits per heavy atom. The molecular weight excluding hydrogens is 827 g/mol. The van der Waals surface area contributed by atoms with E-state index in [0.29, 0.717) is 0 Å². The first-order valence-corrected chi connectivity index (χ1v) is 24.9. The predicted molar refractivity (Wildman–Crippen MR) is 277 cm³/mol. The third-order valence-corrected chi connectivity index (χ3v) is 20.0. The Morgan fingerprint density at radius 1 is 0.354 bits per heavy atom. The zero-order chi connectivity index (χ0) is 42.6. The van der Waals surface area contributed by atoms with Crippen molar-refractivity contribution >= 4 is 126 Å². The van der Waals surface area contributed by atoms with Gasteiger partial charge in [0.2, 0.25) is 0 Å². The van der Waals surface area contributed by atoms with E-state index in [-0.39, 0.29) is 0 Å². The van der Waals surface area contributed by atoms with Crippen LogP contribution in [0.2, 0.25) is 0 Å². The number of rotatable bonds is 6. The average Bonchev–Trinajstić information content (AvgIpc) is 4.14. The number of hydrogen-bond acceptors (Lipinski definition) is 3. The van der Waals surface area contributed by atoms with Gasteiger partial charge in [-0.3, -0.25) is 4.98 Å². The van der Waals surface area contributed by atoms with Gasteiger partial charge in [-0.25, -0.2) is 0 Å². The molecule has 4 nitrogen and oxygen atoms in total. The van der Waals surface area contributed by atoms with Gasteiger partial charge >= 0.3 is 0 Å². The summed E-state index contributed by atoms with van der Waals surface area (Å²) in [5.41, 5.74) is 8.66. The molecule has 65 heavy (non-hydrogen) atoms. The van der Waals surface area contributed by atoms with E-state index in [1.165, 1.54) is 73.8 Å². The summed E-state index contributed by atoms with van der Waals surface area (Å²) in [5.74, 6) is 0. The lowest BCUT2D eigenvalue weighted by molar-refractivity contribution is 0.668. The van der Waals surface area contributed by atoms with Gasteiger partial charge in [0.1, 0.15) is 5.58 Å².